The number of aromatic nitrogens is 2. The summed E-state index contributed by atoms with van der Waals surface area (Å²) in [5.74, 6) is 0.281. The molecule has 1 aromatic carbocycles. The first kappa shape index (κ1) is 13.1. The fourth-order valence-corrected chi connectivity index (χ4v) is 1.94. The van der Waals surface area contributed by atoms with Crippen molar-refractivity contribution in [2.45, 2.75) is 6.61 Å². The minimum absolute atomic E-state index is 0.0746. The monoisotopic (exact) mass is 283 g/mol. The Bertz CT molecular complexity index is 747. The number of carbonyl (C=O) groups is 1. The largest absolute Gasteiger partial charge is 0.463 e. The number of aliphatic hydroxyl groups is 1. The predicted molar refractivity (Wildman–Crippen MR) is 76.6 cm³/mol. The van der Waals surface area contributed by atoms with Crippen LogP contribution in [0.3, 0.4) is 0 Å². The van der Waals surface area contributed by atoms with Gasteiger partial charge in [-0.05, 0) is 29.8 Å². The number of amides is 1. The number of furan rings is 1. The van der Waals surface area contributed by atoms with Crippen LogP contribution in [0, 0.1) is 0 Å². The van der Waals surface area contributed by atoms with Gasteiger partial charge in [-0.1, -0.05) is 12.1 Å². The molecule has 0 aliphatic carbocycles. The maximum absolute atomic E-state index is 12.1. The molecule has 21 heavy (non-hydrogen) atoms. The zero-order valence-corrected chi connectivity index (χ0v) is 11.0. The van der Waals surface area contributed by atoms with Gasteiger partial charge >= 0.3 is 0 Å². The van der Waals surface area contributed by atoms with E-state index < -0.39 is 0 Å². The van der Waals surface area contributed by atoms with Crippen molar-refractivity contribution in [1.29, 1.82) is 0 Å². The van der Waals surface area contributed by atoms with Gasteiger partial charge in [-0.2, -0.15) is 5.10 Å². The van der Waals surface area contributed by atoms with E-state index in [2.05, 4.69) is 15.5 Å². The Labute approximate surface area is 120 Å². The van der Waals surface area contributed by atoms with Crippen LogP contribution in [0.4, 0.5) is 5.69 Å². The second kappa shape index (κ2) is 5.64. The highest BCUT2D eigenvalue weighted by atomic mass is 16.3. The second-order valence-electron chi connectivity index (χ2n) is 4.46. The van der Waals surface area contributed by atoms with Crippen LogP contribution in [0.15, 0.2) is 53.1 Å². The van der Waals surface area contributed by atoms with Gasteiger partial charge in [0.2, 0.25) is 0 Å². The number of hydrogen-bond donors (Lipinski definition) is 3. The number of nitrogens with one attached hydrogen (secondary N) is 2. The van der Waals surface area contributed by atoms with E-state index in [1.165, 1.54) is 0 Å². The van der Waals surface area contributed by atoms with Gasteiger partial charge < -0.3 is 14.8 Å². The number of H-pyrrole nitrogens is 1. The van der Waals surface area contributed by atoms with Crippen LogP contribution in [0.2, 0.25) is 0 Å². The molecule has 0 atom stereocenters. The third-order valence-corrected chi connectivity index (χ3v) is 2.96. The molecule has 6 nitrogen and oxygen atoms in total. The summed E-state index contributed by atoms with van der Waals surface area (Å²) in [7, 11) is 0. The first-order valence-corrected chi connectivity index (χ1v) is 6.37. The van der Waals surface area contributed by atoms with E-state index in [0.717, 1.165) is 5.56 Å². The van der Waals surface area contributed by atoms with E-state index in [1.54, 1.807) is 48.7 Å². The second-order valence-corrected chi connectivity index (χ2v) is 4.46. The molecule has 0 fully saturated rings. The number of aromatic amines is 1. The highest BCUT2D eigenvalue weighted by Crippen LogP contribution is 2.18. The smallest absolute Gasteiger partial charge is 0.276 e. The van der Waals surface area contributed by atoms with Crippen LogP contribution >= 0.6 is 0 Å². The summed E-state index contributed by atoms with van der Waals surface area (Å²) in [6.07, 6.45) is 1.55. The molecule has 3 rings (SSSR count). The minimum atomic E-state index is -0.334. The van der Waals surface area contributed by atoms with Crippen molar-refractivity contribution in [2.75, 3.05) is 5.32 Å². The molecular formula is C15H13N3O3. The number of hydrogen-bond acceptors (Lipinski definition) is 4. The molecule has 0 saturated heterocycles. The average Bonchev–Trinajstić information content (AvgIpc) is 3.18. The molecule has 106 valence electrons. The first-order valence-electron chi connectivity index (χ1n) is 6.37. The third-order valence-electron chi connectivity index (χ3n) is 2.96. The number of benzene rings is 1. The zero-order chi connectivity index (χ0) is 14.7. The maximum Gasteiger partial charge on any atom is 0.276 e. The minimum Gasteiger partial charge on any atom is -0.463 e. The van der Waals surface area contributed by atoms with Crippen LogP contribution in [0.1, 0.15) is 16.1 Å². The van der Waals surface area contributed by atoms with Crippen LogP contribution < -0.4 is 5.32 Å². The lowest BCUT2D eigenvalue weighted by atomic mass is 10.2. The lowest BCUT2D eigenvalue weighted by Gasteiger charge is -2.04. The molecule has 0 spiro atoms. The first-order chi connectivity index (χ1) is 10.3. The number of aliphatic hydroxyl groups excluding tert-OH is 1. The molecule has 0 radical (unpaired) electrons. The number of anilines is 1. The number of rotatable bonds is 4. The van der Waals surface area contributed by atoms with Crippen LogP contribution in [0.25, 0.3) is 11.5 Å². The Morgan fingerprint density at radius 1 is 1.29 bits per heavy atom. The van der Waals surface area contributed by atoms with Gasteiger partial charge in [0, 0.05) is 11.8 Å². The van der Waals surface area contributed by atoms with E-state index in [9.17, 15) is 4.79 Å². The normalized spacial score (nSPS) is 10.5. The fourth-order valence-electron chi connectivity index (χ4n) is 1.94. The van der Waals surface area contributed by atoms with Crippen molar-refractivity contribution in [1.82, 2.24) is 10.2 Å². The fraction of sp³-hybridized carbons (Fsp3) is 0.0667. The lowest BCUT2D eigenvalue weighted by molar-refractivity contribution is 0.102. The molecule has 2 aromatic heterocycles. The van der Waals surface area contributed by atoms with E-state index >= 15 is 0 Å². The molecule has 3 N–H and O–H groups in total. The van der Waals surface area contributed by atoms with E-state index in [1.807, 2.05) is 0 Å². The molecule has 2 heterocycles. The summed E-state index contributed by atoms with van der Waals surface area (Å²) >= 11 is 0. The van der Waals surface area contributed by atoms with Gasteiger partial charge in [0.05, 0.1) is 12.9 Å². The Hall–Kier alpha value is -2.86. The highest BCUT2D eigenvalue weighted by molar-refractivity contribution is 6.03. The summed E-state index contributed by atoms with van der Waals surface area (Å²) < 4.78 is 5.23. The van der Waals surface area contributed by atoms with Crippen LogP contribution in [-0.4, -0.2) is 21.2 Å². The van der Waals surface area contributed by atoms with Crippen molar-refractivity contribution in [3.63, 3.8) is 0 Å². The average molecular weight is 283 g/mol. The van der Waals surface area contributed by atoms with Crippen LogP contribution in [0.5, 0.6) is 0 Å². The van der Waals surface area contributed by atoms with Gasteiger partial charge in [0.1, 0.15) is 5.69 Å². The molecule has 1 amide bonds. The summed E-state index contributed by atoms with van der Waals surface area (Å²) in [6.45, 7) is -0.0746. The summed E-state index contributed by atoms with van der Waals surface area (Å²) in [5, 5.41) is 18.5. The maximum atomic E-state index is 12.1. The predicted octanol–water partition coefficient (Wildman–Crippen LogP) is 2.41. The zero-order valence-electron chi connectivity index (χ0n) is 11.0. The Kier molecular flexibility index (Phi) is 3.53. The molecule has 0 bridgehead atoms. The van der Waals surface area contributed by atoms with Gasteiger partial charge in [-0.15, -0.1) is 0 Å². The van der Waals surface area contributed by atoms with Gasteiger partial charge in [-0.3, -0.25) is 9.89 Å². The standard InChI is InChI=1S/C15H13N3O3/c19-9-10-3-1-4-11(7-10)16-15(20)13-8-12(17-18-13)14-5-2-6-21-14/h1-8,19H,9H2,(H,16,20)(H,17,18). The molecule has 0 aliphatic rings. The molecule has 0 unspecified atom stereocenters. The van der Waals surface area contributed by atoms with Gasteiger partial charge in [0.25, 0.3) is 5.91 Å². The Balaban J connectivity index is 1.76. The summed E-state index contributed by atoms with van der Waals surface area (Å²) in [5.41, 5.74) is 2.23. The Morgan fingerprint density at radius 2 is 2.19 bits per heavy atom. The van der Waals surface area contributed by atoms with Crippen molar-refractivity contribution < 1.29 is 14.3 Å². The van der Waals surface area contributed by atoms with Crippen LogP contribution in [-0.2, 0) is 6.61 Å². The van der Waals surface area contributed by atoms with Crippen molar-refractivity contribution in [2.24, 2.45) is 0 Å². The van der Waals surface area contributed by atoms with Gasteiger partial charge in [-0.25, -0.2) is 0 Å². The molecular weight excluding hydrogens is 270 g/mol. The van der Waals surface area contributed by atoms with Crippen molar-refractivity contribution in [3.05, 3.63) is 60.0 Å². The summed E-state index contributed by atoms with van der Waals surface area (Å²) in [4.78, 5) is 12.1. The van der Waals surface area contributed by atoms with E-state index in [-0.39, 0.29) is 18.2 Å². The van der Waals surface area contributed by atoms with E-state index in [0.29, 0.717) is 17.1 Å². The molecule has 3 aromatic rings. The molecule has 0 aliphatic heterocycles. The number of carbonyl (C=O) groups excluding carboxylic acids is 1. The van der Waals surface area contributed by atoms with Crippen molar-refractivity contribution >= 4 is 11.6 Å². The van der Waals surface area contributed by atoms with Crippen molar-refractivity contribution in [3.8, 4) is 11.5 Å². The summed E-state index contributed by atoms with van der Waals surface area (Å²) in [6, 6.07) is 12.1. The lowest BCUT2D eigenvalue weighted by Crippen LogP contribution is -2.12. The molecule has 0 saturated carbocycles. The Morgan fingerprint density at radius 3 is 2.95 bits per heavy atom. The molecule has 6 heteroatoms. The van der Waals surface area contributed by atoms with Gasteiger partial charge in [0.15, 0.2) is 11.5 Å². The third kappa shape index (κ3) is 2.85. The highest BCUT2D eigenvalue weighted by Gasteiger charge is 2.13. The quantitative estimate of drug-likeness (QED) is 0.685. The topological polar surface area (TPSA) is 91.1 Å². The number of nitrogens with zero attached hydrogens (tertiary/aromatic N) is 1. The SMILES string of the molecule is O=C(Nc1cccc(CO)c1)c1cc(-c2ccco2)[nH]n1. The van der Waals surface area contributed by atoms with E-state index in [4.69, 9.17) is 9.52 Å².